The van der Waals surface area contributed by atoms with E-state index in [1.165, 1.54) is 0 Å². The van der Waals surface area contributed by atoms with E-state index in [-0.39, 0.29) is 18.2 Å². The molecule has 0 saturated carbocycles. The second-order valence-corrected chi connectivity index (χ2v) is 9.65. The number of hydrogen-bond acceptors (Lipinski definition) is 9. The number of halogens is 9. The maximum Gasteiger partial charge on any atom is 0.418 e. The Balaban J connectivity index is 1.94. The molecule has 1 aliphatic heterocycles. The molecule has 21 heteroatoms. The highest BCUT2D eigenvalue weighted by Crippen LogP contribution is 2.44. The second kappa shape index (κ2) is 12.1. The molecule has 3 atom stereocenters. The largest absolute Gasteiger partial charge is 0.595 e. The maximum absolute atomic E-state index is 14.1. The van der Waals surface area contributed by atoms with Crippen molar-refractivity contribution in [1.82, 2.24) is 0 Å². The van der Waals surface area contributed by atoms with Gasteiger partial charge in [0, 0.05) is 36.4 Å². The average Bonchev–Trinajstić information content (AvgIpc) is 2.94. The third-order valence-electron chi connectivity index (χ3n) is 6.69. The molecule has 0 spiro atoms. The van der Waals surface area contributed by atoms with E-state index in [0.29, 0.717) is 18.2 Å². The molecule has 3 unspecified atom stereocenters. The smallest absolute Gasteiger partial charge is 0.418 e. The quantitative estimate of drug-likeness (QED) is 0.173. The first-order valence-electron chi connectivity index (χ1n) is 12.3. The molecule has 1 heterocycles. The van der Waals surface area contributed by atoms with Crippen molar-refractivity contribution in [3.63, 3.8) is 0 Å². The van der Waals surface area contributed by atoms with E-state index in [1.807, 2.05) is 0 Å². The van der Waals surface area contributed by atoms with Crippen LogP contribution < -0.4 is 30.4 Å². The van der Waals surface area contributed by atoms with E-state index >= 15 is 0 Å². The lowest BCUT2D eigenvalue weighted by Crippen LogP contribution is -2.99. The molecule has 0 aromatic heterocycles. The van der Waals surface area contributed by atoms with Gasteiger partial charge >= 0.3 is 18.5 Å². The van der Waals surface area contributed by atoms with Gasteiger partial charge in [0.25, 0.3) is 0 Å². The lowest BCUT2D eigenvalue weighted by Gasteiger charge is -2.46. The van der Waals surface area contributed by atoms with Crippen molar-refractivity contribution in [2.45, 2.75) is 18.5 Å². The lowest BCUT2D eigenvalue weighted by molar-refractivity contribution is -0.991. The molecule has 1 aliphatic rings. The number of hydrogen-bond donors (Lipinski definition) is 6. The van der Waals surface area contributed by atoms with Gasteiger partial charge in [0.2, 0.25) is 0 Å². The van der Waals surface area contributed by atoms with Gasteiger partial charge < -0.3 is 30.3 Å². The molecule has 6 N–H and O–H groups in total. The lowest BCUT2D eigenvalue weighted by atomic mass is 10.1. The molecule has 1 saturated heterocycles. The minimum atomic E-state index is -5.23. The van der Waals surface area contributed by atoms with Crippen molar-refractivity contribution in [1.29, 1.82) is 0 Å². The molecule has 12 nitrogen and oxygen atoms in total. The Morgan fingerprint density at radius 2 is 0.689 bits per heavy atom. The summed E-state index contributed by atoms with van der Waals surface area (Å²) in [4.78, 5) is 2.23. The Kier molecular flexibility index (Phi) is 9.14. The van der Waals surface area contributed by atoms with Crippen LogP contribution in [0.2, 0.25) is 0 Å². The van der Waals surface area contributed by atoms with Crippen molar-refractivity contribution >= 4 is 34.1 Å². The Morgan fingerprint density at radius 3 is 0.867 bits per heavy atom. The molecular weight excluding hydrogens is 639 g/mol. The van der Waals surface area contributed by atoms with Gasteiger partial charge in [0.15, 0.2) is 17.1 Å². The van der Waals surface area contributed by atoms with Crippen molar-refractivity contribution in [2.75, 3.05) is 34.7 Å². The molecular formula is C24H21F9N6O6. The minimum absolute atomic E-state index is 0.256. The Labute approximate surface area is 245 Å². The zero-order valence-corrected chi connectivity index (χ0v) is 22.1. The van der Waals surface area contributed by atoms with Crippen molar-refractivity contribution in [3.05, 3.63) is 86.9 Å². The zero-order chi connectivity index (χ0) is 33.6. The highest BCUT2D eigenvalue weighted by atomic mass is 19.4. The first-order chi connectivity index (χ1) is 20.7. The van der Waals surface area contributed by atoms with Crippen LogP contribution in [0.1, 0.15) is 16.7 Å². The molecule has 3 aromatic rings. The number of nitrogens with zero attached hydrogens (tertiary/aromatic N) is 3. The normalized spacial score (nSPS) is 17.0. The average molecular weight is 660 g/mol. The molecule has 4 rings (SSSR count). The summed E-state index contributed by atoms with van der Waals surface area (Å²) in [6.45, 7) is -2.47. The Hall–Kier alpha value is -3.93. The summed E-state index contributed by atoms with van der Waals surface area (Å²) in [6.07, 6.45) is -15.7. The maximum atomic E-state index is 14.1. The Morgan fingerprint density at radius 1 is 0.467 bits per heavy atom. The molecule has 246 valence electrons. The summed E-state index contributed by atoms with van der Waals surface area (Å²) >= 11 is 0. The highest BCUT2D eigenvalue weighted by Gasteiger charge is 2.42. The summed E-state index contributed by atoms with van der Waals surface area (Å²) in [7, 11) is 0. The fraction of sp³-hybridized carbons (Fsp3) is 0.250. The van der Waals surface area contributed by atoms with Crippen molar-refractivity contribution in [2.24, 2.45) is 0 Å². The van der Waals surface area contributed by atoms with E-state index in [1.54, 1.807) is 0 Å². The molecule has 0 aliphatic carbocycles. The fourth-order valence-electron chi connectivity index (χ4n) is 4.73. The van der Waals surface area contributed by atoms with E-state index in [2.05, 4.69) is 0 Å². The topological polar surface area (TPSA) is 153 Å². The predicted octanol–water partition coefficient (Wildman–Crippen LogP) is 2.66. The molecule has 0 radical (unpaired) electrons. The van der Waals surface area contributed by atoms with Gasteiger partial charge in [-0.15, -0.1) is 0 Å². The number of benzene rings is 3. The van der Waals surface area contributed by atoms with E-state index in [9.17, 15) is 70.8 Å². The van der Waals surface area contributed by atoms with Crippen LogP contribution in [0, 0.1) is 15.6 Å². The van der Waals surface area contributed by atoms with Gasteiger partial charge in [-0.3, -0.25) is 0 Å². The first kappa shape index (κ1) is 34.0. The third kappa shape index (κ3) is 7.32. The number of quaternary nitrogens is 3. The fourth-order valence-corrected chi connectivity index (χ4v) is 4.73. The van der Waals surface area contributed by atoms with E-state index < -0.39 is 105 Å². The molecule has 0 bridgehead atoms. The predicted molar refractivity (Wildman–Crippen MR) is 134 cm³/mol. The van der Waals surface area contributed by atoms with Gasteiger partial charge in [0.1, 0.15) is 0 Å². The Bertz CT molecular complexity index is 1350. The van der Waals surface area contributed by atoms with Crippen LogP contribution in [0.15, 0.2) is 54.6 Å². The first-order valence-corrected chi connectivity index (χ1v) is 12.3. The minimum Gasteiger partial charge on any atom is -0.595 e. The second-order valence-electron chi connectivity index (χ2n) is 9.65. The number of rotatable bonds is 6. The summed E-state index contributed by atoms with van der Waals surface area (Å²) < 4.78 is 127. The van der Waals surface area contributed by atoms with E-state index in [0.717, 1.165) is 32.9 Å². The van der Waals surface area contributed by atoms with Crippen LogP contribution in [-0.2, 0) is 18.5 Å². The van der Waals surface area contributed by atoms with Crippen LogP contribution in [0.4, 0.5) is 73.6 Å². The van der Waals surface area contributed by atoms with Gasteiger partial charge in [-0.2, -0.15) is 55.2 Å². The van der Waals surface area contributed by atoms with Gasteiger partial charge in [-0.25, -0.2) is 15.6 Å². The van der Waals surface area contributed by atoms with Gasteiger partial charge in [0.05, 0.1) is 53.8 Å². The summed E-state index contributed by atoms with van der Waals surface area (Å²) in [5, 5.41) is 56.5. The highest BCUT2D eigenvalue weighted by molar-refractivity contribution is 5.68. The number of anilines is 3. The van der Waals surface area contributed by atoms with Crippen molar-refractivity contribution < 1.29 is 70.8 Å². The van der Waals surface area contributed by atoms with Crippen LogP contribution in [0.25, 0.3) is 0 Å². The van der Waals surface area contributed by atoms with Crippen LogP contribution in [0.5, 0.6) is 0 Å². The zero-order valence-electron chi connectivity index (χ0n) is 22.1. The van der Waals surface area contributed by atoms with E-state index in [4.69, 9.17) is 0 Å². The third-order valence-corrected chi connectivity index (χ3v) is 6.69. The van der Waals surface area contributed by atoms with Gasteiger partial charge in [-0.1, -0.05) is 0 Å². The monoisotopic (exact) mass is 660 g/mol. The van der Waals surface area contributed by atoms with Crippen LogP contribution >= 0.6 is 0 Å². The summed E-state index contributed by atoms with van der Waals surface area (Å²) in [5.74, 6) is 0. The molecule has 45 heavy (non-hydrogen) atoms. The molecule has 3 aromatic carbocycles. The van der Waals surface area contributed by atoms with Gasteiger partial charge in [-0.05, 0) is 18.2 Å². The molecule has 0 amide bonds. The van der Waals surface area contributed by atoms with Crippen molar-refractivity contribution in [3.8, 4) is 0 Å². The van der Waals surface area contributed by atoms with Crippen LogP contribution in [0.3, 0.4) is 0 Å². The SMILES string of the molecule is [O-][NH+](O)c1ccc(N2CN(c3ccc([NH+]([O-])O)cc3C(F)(F)F)CN(c3ccc([NH+]([O-])O)cc3C(F)(F)F)C2)c(C(F)(F)F)c1. The van der Waals surface area contributed by atoms with Crippen LogP contribution in [-0.4, -0.2) is 35.6 Å². The standard InChI is InChI=1S/C24H21F9N6O6/c25-22(26,27)16-7-13(37(40)41)1-4-19(16)34-10-35(20-5-2-14(38(42)43)8-17(20)23(28,29)30)12-36(11-34)21-6-3-15(39(44)45)9-18(21)24(31,32)33/h1-9,37-40,42,44H,10-12H2. The number of nitrogens with one attached hydrogen (secondary N) is 3. The number of alkyl halides is 9. The molecule has 1 fully saturated rings. The summed E-state index contributed by atoms with van der Waals surface area (Å²) in [5.41, 5.74) is -9.47. The summed E-state index contributed by atoms with van der Waals surface area (Å²) in [6, 6.07) is 5.16.